The van der Waals surface area contributed by atoms with Crippen LogP contribution in [0.2, 0.25) is 5.02 Å². The summed E-state index contributed by atoms with van der Waals surface area (Å²) in [7, 11) is 0. The molecule has 2 amide bonds. The average molecular weight is 271 g/mol. The molecule has 1 aromatic carbocycles. The van der Waals surface area contributed by atoms with Gasteiger partial charge in [-0.2, -0.15) is 0 Å². The van der Waals surface area contributed by atoms with Crippen molar-refractivity contribution >= 4 is 29.1 Å². The third kappa shape index (κ3) is 2.46. The standard InChI is InChI=1S/C12H12ClFN2O2/c1-7-12(18)16(5-4-11(17)15-7)8-2-3-9(13)10(14)6-8/h2-3,6-7H,4-5H2,1H3,(H,15,17). The molecule has 6 heteroatoms. The smallest absolute Gasteiger partial charge is 0.249 e. The molecule has 1 N–H and O–H groups in total. The number of amides is 2. The fourth-order valence-corrected chi connectivity index (χ4v) is 1.96. The van der Waals surface area contributed by atoms with Gasteiger partial charge in [-0.15, -0.1) is 0 Å². The van der Waals surface area contributed by atoms with E-state index in [0.29, 0.717) is 5.69 Å². The van der Waals surface area contributed by atoms with E-state index < -0.39 is 11.9 Å². The van der Waals surface area contributed by atoms with Crippen molar-refractivity contribution in [3.8, 4) is 0 Å². The molecule has 1 aliphatic rings. The molecule has 1 atom stereocenters. The Kier molecular flexibility index (Phi) is 3.52. The molecule has 1 aromatic rings. The molecule has 0 aromatic heterocycles. The number of benzene rings is 1. The predicted molar refractivity (Wildman–Crippen MR) is 66.0 cm³/mol. The number of nitrogens with zero attached hydrogens (tertiary/aromatic N) is 1. The van der Waals surface area contributed by atoms with E-state index in [1.54, 1.807) is 13.0 Å². The largest absolute Gasteiger partial charge is 0.345 e. The van der Waals surface area contributed by atoms with Crippen molar-refractivity contribution in [3.05, 3.63) is 29.0 Å². The topological polar surface area (TPSA) is 49.4 Å². The molecule has 1 fully saturated rings. The van der Waals surface area contributed by atoms with Crippen molar-refractivity contribution < 1.29 is 14.0 Å². The van der Waals surface area contributed by atoms with Gasteiger partial charge in [-0.1, -0.05) is 11.6 Å². The minimum absolute atomic E-state index is 0.00303. The molecule has 0 bridgehead atoms. The molecule has 18 heavy (non-hydrogen) atoms. The summed E-state index contributed by atoms with van der Waals surface area (Å²) in [4.78, 5) is 24.8. The van der Waals surface area contributed by atoms with Crippen LogP contribution in [0.3, 0.4) is 0 Å². The second kappa shape index (κ2) is 4.94. The van der Waals surface area contributed by atoms with E-state index in [-0.39, 0.29) is 29.8 Å². The number of hydrogen-bond acceptors (Lipinski definition) is 2. The minimum atomic E-state index is -0.612. The first-order chi connectivity index (χ1) is 8.49. The molecule has 1 unspecified atom stereocenters. The van der Waals surface area contributed by atoms with Crippen molar-refractivity contribution in [1.82, 2.24) is 5.32 Å². The van der Waals surface area contributed by atoms with Crippen LogP contribution in [0.15, 0.2) is 18.2 Å². The second-order valence-corrected chi connectivity index (χ2v) is 4.53. The monoisotopic (exact) mass is 270 g/mol. The molecule has 1 aliphatic heterocycles. The van der Waals surface area contributed by atoms with Gasteiger partial charge in [-0.25, -0.2) is 4.39 Å². The van der Waals surface area contributed by atoms with Gasteiger partial charge in [-0.05, 0) is 25.1 Å². The summed E-state index contributed by atoms with van der Waals surface area (Å²) in [5, 5.41) is 2.57. The average Bonchev–Trinajstić information content (AvgIpc) is 2.44. The lowest BCUT2D eigenvalue weighted by atomic mass is 10.2. The third-order valence-electron chi connectivity index (χ3n) is 2.79. The van der Waals surface area contributed by atoms with Gasteiger partial charge in [0.05, 0.1) is 5.02 Å². The Morgan fingerprint density at radius 2 is 2.17 bits per heavy atom. The van der Waals surface area contributed by atoms with Crippen LogP contribution < -0.4 is 10.2 Å². The van der Waals surface area contributed by atoms with Crippen molar-refractivity contribution in [2.24, 2.45) is 0 Å². The van der Waals surface area contributed by atoms with Gasteiger partial charge in [0.25, 0.3) is 0 Å². The maximum absolute atomic E-state index is 13.4. The maximum atomic E-state index is 13.4. The first-order valence-electron chi connectivity index (χ1n) is 5.55. The van der Waals surface area contributed by atoms with Crippen molar-refractivity contribution in [1.29, 1.82) is 0 Å². The van der Waals surface area contributed by atoms with E-state index in [4.69, 9.17) is 11.6 Å². The molecule has 0 saturated carbocycles. The molecular formula is C12H12ClFN2O2. The van der Waals surface area contributed by atoms with Gasteiger partial charge in [0, 0.05) is 18.7 Å². The van der Waals surface area contributed by atoms with Gasteiger partial charge in [0.2, 0.25) is 11.8 Å². The number of carbonyl (C=O) groups excluding carboxylic acids is 2. The Balaban J connectivity index is 2.33. The summed E-state index contributed by atoms with van der Waals surface area (Å²) in [5.41, 5.74) is 0.408. The van der Waals surface area contributed by atoms with Gasteiger partial charge in [0.1, 0.15) is 11.9 Å². The van der Waals surface area contributed by atoms with Gasteiger partial charge >= 0.3 is 0 Å². The summed E-state index contributed by atoms with van der Waals surface area (Å²) in [6.45, 7) is 1.83. The first-order valence-corrected chi connectivity index (χ1v) is 5.92. The van der Waals surface area contributed by atoms with E-state index in [1.807, 2.05) is 0 Å². The van der Waals surface area contributed by atoms with Gasteiger partial charge in [-0.3, -0.25) is 9.59 Å². The lowest BCUT2D eigenvalue weighted by Crippen LogP contribution is -2.42. The number of anilines is 1. The van der Waals surface area contributed by atoms with Crippen LogP contribution in [0.1, 0.15) is 13.3 Å². The highest BCUT2D eigenvalue weighted by molar-refractivity contribution is 6.30. The van der Waals surface area contributed by atoms with E-state index in [1.165, 1.54) is 17.0 Å². The van der Waals surface area contributed by atoms with Crippen LogP contribution in [-0.2, 0) is 9.59 Å². The molecule has 1 heterocycles. The van der Waals surface area contributed by atoms with Crippen LogP contribution in [0.5, 0.6) is 0 Å². The van der Waals surface area contributed by atoms with E-state index >= 15 is 0 Å². The van der Waals surface area contributed by atoms with Gasteiger partial charge < -0.3 is 10.2 Å². The summed E-state index contributed by atoms with van der Waals surface area (Å²) in [6, 6.07) is 3.54. The summed E-state index contributed by atoms with van der Waals surface area (Å²) in [5.74, 6) is -1.03. The lowest BCUT2D eigenvalue weighted by Gasteiger charge is -2.22. The Labute approximate surface area is 109 Å². The van der Waals surface area contributed by atoms with Gasteiger partial charge in [0.15, 0.2) is 0 Å². The Morgan fingerprint density at radius 3 is 2.83 bits per heavy atom. The van der Waals surface area contributed by atoms with Crippen molar-refractivity contribution in [2.75, 3.05) is 11.4 Å². The summed E-state index contributed by atoms with van der Waals surface area (Å²) in [6.07, 6.45) is 0.195. The van der Waals surface area contributed by atoms with Crippen LogP contribution in [0.4, 0.5) is 10.1 Å². The first kappa shape index (κ1) is 12.8. The molecule has 0 spiro atoms. The quantitative estimate of drug-likeness (QED) is 0.845. The fraction of sp³-hybridized carbons (Fsp3) is 0.333. The van der Waals surface area contributed by atoms with Crippen LogP contribution >= 0.6 is 11.6 Å². The zero-order valence-corrected chi connectivity index (χ0v) is 10.5. The Bertz CT molecular complexity index is 507. The van der Waals surface area contributed by atoms with Crippen LogP contribution in [0.25, 0.3) is 0 Å². The normalized spacial score (nSPS) is 20.6. The zero-order valence-electron chi connectivity index (χ0n) is 9.74. The van der Waals surface area contributed by atoms with E-state index in [0.717, 1.165) is 0 Å². The summed E-state index contributed by atoms with van der Waals surface area (Å²) >= 11 is 5.60. The number of rotatable bonds is 1. The highest BCUT2D eigenvalue weighted by Gasteiger charge is 2.27. The number of carbonyl (C=O) groups is 2. The molecule has 0 aliphatic carbocycles. The van der Waals surface area contributed by atoms with Crippen molar-refractivity contribution in [3.63, 3.8) is 0 Å². The number of hydrogen-bond donors (Lipinski definition) is 1. The summed E-state index contributed by atoms with van der Waals surface area (Å²) < 4.78 is 13.4. The zero-order chi connectivity index (χ0) is 13.3. The van der Waals surface area contributed by atoms with Crippen LogP contribution in [0, 0.1) is 5.82 Å². The Hall–Kier alpha value is -1.62. The second-order valence-electron chi connectivity index (χ2n) is 4.13. The molecular weight excluding hydrogens is 259 g/mol. The Morgan fingerprint density at radius 1 is 1.44 bits per heavy atom. The van der Waals surface area contributed by atoms with Crippen molar-refractivity contribution in [2.45, 2.75) is 19.4 Å². The third-order valence-corrected chi connectivity index (χ3v) is 3.10. The molecule has 1 saturated heterocycles. The predicted octanol–water partition coefficient (Wildman–Crippen LogP) is 1.72. The molecule has 2 rings (SSSR count). The molecule has 0 radical (unpaired) electrons. The highest BCUT2D eigenvalue weighted by atomic mass is 35.5. The maximum Gasteiger partial charge on any atom is 0.249 e. The van der Waals surface area contributed by atoms with E-state index in [9.17, 15) is 14.0 Å². The fourth-order valence-electron chi connectivity index (χ4n) is 1.84. The lowest BCUT2D eigenvalue weighted by molar-refractivity contribution is -0.125. The SMILES string of the molecule is CC1NC(=O)CCN(c2ccc(Cl)c(F)c2)C1=O. The minimum Gasteiger partial charge on any atom is -0.345 e. The van der Waals surface area contributed by atoms with Crippen LogP contribution in [-0.4, -0.2) is 24.4 Å². The molecule has 4 nitrogen and oxygen atoms in total. The molecule has 96 valence electrons. The number of nitrogens with one attached hydrogen (secondary N) is 1. The van der Waals surface area contributed by atoms with E-state index in [2.05, 4.69) is 5.32 Å². The highest BCUT2D eigenvalue weighted by Crippen LogP contribution is 2.23. The number of halogens is 2.